The summed E-state index contributed by atoms with van der Waals surface area (Å²) in [7, 11) is 1.46. The van der Waals surface area contributed by atoms with Crippen molar-refractivity contribution in [3.8, 4) is 0 Å². The molecule has 0 amide bonds. The summed E-state index contributed by atoms with van der Waals surface area (Å²) < 4.78 is 4.80. The Bertz CT molecular complexity index is 321. The molecular weight excluding hydrogens is 260 g/mol. The predicted octanol–water partition coefficient (Wildman–Crippen LogP) is 2.08. The number of esters is 1. The number of rotatable bonds is 2. The Kier molecular flexibility index (Phi) is 5.43. The zero-order valence-corrected chi connectivity index (χ0v) is 12.5. The van der Waals surface area contributed by atoms with Gasteiger partial charge in [0.1, 0.15) is 0 Å². The van der Waals surface area contributed by atoms with E-state index < -0.39 is 0 Å². The maximum Gasteiger partial charge on any atom is 0.308 e. The van der Waals surface area contributed by atoms with E-state index in [0.29, 0.717) is 6.04 Å². The van der Waals surface area contributed by atoms with Crippen molar-refractivity contribution in [2.45, 2.75) is 51.0 Å². The topological polar surface area (TPSA) is 41.6 Å². The van der Waals surface area contributed by atoms with Crippen molar-refractivity contribution < 1.29 is 9.53 Å². The monoisotopic (exact) mass is 284 g/mol. The molecule has 2 rings (SSSR count). The molecule has 1 N–H and O–H groups in total. The zero-order chi connectivity index (χ0) is 13.7. The second-order valence-electron chi connectivity index (χ2n) is 5.57. The molecule has 0 atom stereocenters. The Balaban J connectivity index is 1.74. The zero-order valence-electron chi connectivity index (χ0n) is 11.7. The van der Waals surface area contributed by atoms with Gasteiger partial charge in [-0.15, -0.1) is 0 Å². The minimum atomic E-state index is -0.0780. The summed E-state index contributed by atoms with van der Waals surface area (Å²) in [6.45, 7) is 1.72. The summed E-state index contributed by atoms with van der Waals surface area (Å²) >= 11 is 5.49. The molecule has 19 heavy (non-hydrogen) atoms. The largest absolute Gasteiger partial charge is 0.469 e. The van der Waals surface area contributed by atoms with Gasteiger partial charge in [0.2, 0.25) is 0 Å². The second-order valence-corrected chi connectivity index (χ2v) is 5.96. The predicted molar refractivity (Wildman–Crippen MR) is 78.9 cm³/mol. The van der Waals surface area contributed by atoms with E-state index in [-0.39, 0.29) is 11.9 Å². The molecule has 0 aromatic carbocycles. The smallest absolute Gasteiger partial charge is 0.308 e. The summed E-state index contributed by atoms with van der Waals surface area (Å²) in [5, 5.41) is 4.36. The highest BCUT2D eigenvalue weighted by Gasteiger charge is 2.27. The Hall–Kier alpha value is -0.840. The fourth-order valence-electron chi connectivity index (χ4n) is 3.00. The van der Waals surface area contributed by atoms with Crippen LogP contribution in [0.2, 0.25) is 0 Å². The van der Waals surface area contributed by atoms with Crippen molar-refractivity contribution >= 4 is 23.3 Å². The number of nitrogens with zero attached hydrogens (tertiary/aromatic N) is 1. The lowest BCUT2D eigenvalue weighted by atomic mass is 9.95. The third kappa shape index (κ3) is 4.06. The van der Waals surface area contributed by atoms with Crippen molar-refractivity contribution in [1.82, 2.24) is 10.2 Å². The highest BCUT2D eigenvalue weighted by atomic mass is 32.1. The summed E-state index contributed by atoms with van der Waals surface area (Å²) in [4.78, 5) is 13.7. The van der Waals surface area contributed by atoms with Crippen LogP contribution in [0.25, 0.3) is 0 Å². The van der Waals surface area contributed by atoms with E-state index in [1.165, 1.54) is 39.2 Å². The van der Waals surface area contributed by atoms with Gasteiger partial charge in [-0.2, -0.15) is 0 Å². The lowest BCUT2D eigenvalue weighted by molar-refractivity contribution is -0.146. The van der Waals surface area contributed by atoms with Crippen molar-refractivity contribution in [3.05, 3.63) is 0 Å². The molecule has 0 spiro atoms. The number of piperidine rings is 1. The highest BCUT2D eigenvalue weighted by Crippen LogP contribution is 2.20. The standard InChI is InChI=1S/C14H24N2O2S/c1-18-13(17)11-7-9-16(10-8-11)14(19)15-12-5-3-2-4-6-12/h11-12H,2-10H2,1H3,(H,15,19). The molecule has 1 saturated heterocycles. The molecule has 0 radical (unpaired) electrons. The van der Waals surface area contributed by atoms with Crippen molar-refractivity contribution in [2.75, 3.05) is 20.2 Å². The van der Waals surface area contributed by atoms with Crippen LogP contribution in [0.3, 0.4) is 0 Å². The van der Waals surface area contributed by atoms with E-state index in [4.69, 9.17) is 17.0 Å². The normalized spacial score (nSPS) is 22.1. The number of nitrogens with one attached hydrogen (secondary N) is 1. The SMILES string of the molecule is COC(=O)C1CCN(C(=S)NC2CCCCC2)CC1. The first kappa shape index (κ1) is 14.6. The Labute approximate surface area is 120 Å². The fourth-order valence-corrected chi connectivity index (χ4v) is 3.35. The highest BCUT2D eigenvalue weighted by molar-refractivity contribution is 7.80. The molecule has 0 bridgehead atoms. The van der Waals surface area contributed by atoms with Crippen molar-refractivity contribution in [2.24, 2.45) is 5.92 Å². The fraction of sp³-hybridized carbons (Fsp3) is 0.857. The minimum absolute atomic E-state index is 0.0544. The van der Waals surface area contributed by atoms with Crippen LogP contribution in [-0.4, -0.2) is 42.2 Å². The van der Waals surface area contributed by atoms with Crippen LogP contribution in [0.5, 0.6) is 0 Å². The average molecular weight is 284 g/mol. The van der Waals surface area contributed by atoms with Crippen LogP contribution in [-0.2, 0) is 9.53 Å². The van der Waals surface area contributed by atoms with Crippen molar-refractivity contribution in [1.29, 1.82) is 0 Å². The molecule has 1 saturated carbocycles. The van der Waals surface area contributed by atoms with E-state index in [0.717, 1.165) is 31.0 Å². The van der Waals surface area contributed by atoms with Gasteiger partial charge >= 0.3 is 5.97 Å². The van der Waals surface area contributed by atoms with E-state index >= 15 is 0 Å². The van der Waals surface area contributed by atoms with E-state index in [1.54, 1.807) is 0 Å². The first-order valence-electron chi connectivity index (χ1n) is 7.34. The lowest BCUT2D eigenvalue weighted by Crippen LogP contribution is -2.48. The number of carbonyl (C=O) groups is 1. The molecule has 4 nitrogen and oxygen atoms in total. The van der Waals surface area contributed by atoms with Gasteiger partial charge in [0.15, 0.2) is 5.11 Å². The number of thiocarbonyl (C=S) groups is 1. The lowest BCUT2D eigenvalue weighted by Gasteiger charge is -2.35. The number of methoxy groups -OCH3 is 1. The number of hydrogen-bond donors (Lipinski definition) is 1. The van der Waals surface area contributed by atoms with Gasteiger partial charge in [-0.25, -0.2) is 0 Å². The van der Waals surface area contributed by atoms with Gasteiger partial charge in [0.25, 0.3) is 0 Å². The minimum Gasteiger partial charge on any atom is -0.469 e. The van der Waals surface area contributed by atoms with Gasteiger partial charge in [-0.3, -0.25) is 4.79 Å². The molecule has 1 aliphatic heterocycles. The summed E-state index contributed by atoms with van der Waals surface area (Å²) in [6.07, 6.45) is 8.14. The van der Waals surface area contributed by atoms with Crippen molar-refractivity contribution in [3.63, 3.8) is 0 Å². The third-order valence-corrected chi connectivity index (χ3v) is 4.63. The molecule has 5 heteroatoms. The molecule has 0 aromatic rings. The van der Waals surface area contributed by atoms with Gasteiger partial charge in [-0.05, 0) is 37.9 Å². The number of carbonyl (C=O) groups excluding carboxylic acids is 1. The quantitative estimate of drug-likeness (QED) is 0.621. The van der Waals surface area contributed by atoms with E-state index in [9.17, 15) is 4.79 Å². The Morgan fingerprint density at radius 1 is 1.16 bits per heavy atom. The summed E-state index contributed by atoms with van der Waals surface area (Å²) in [6, 6.07) is 0.555. The number of ether oxygens (including phenoxy) is 1. The van der Waals surface area contributed by atoms with Crippen LogP contribution in [0.15, 0.2) is 0 Å². The third-order valence-electron chi connectivity index (χ3n) is 4.25. The molecule has 1 aliphatic carbocycles. The number of likely N-dealkylation sites (tertiary alicyclic amines) is 1. The van der Waals surface area contributed by atoms with Gasteiger partial charge in [0, 0.05) is 19.1 Å². The van der Waals surface area contributed by atoms with Crippen LogP contribution in [0.1, 0.15) is 44.9 Å². The Morgan fingerprint density at radius 3 is 2.37 bits per heavy atom. The molecule has 0 aromatic heterocycles. The maximum absolute atomic E-state index is 11.5. The Morgan fingerprint density at radius 2 is 1.79 bits per heavy atom. The molecule has 2 fully saturated rings. The molecule has 108 valence electrons. The van der Waals surface area contributed by atoms with Crippen LogP contribution < -0.4 is 5.32 Å². The second kappa shape index (κ2) is 7.08. The van der Waals surface area contributed by atoms with Crippen LogP contribution in [0.4, 0.5) is 0 Å². The van der Waals surface area contributed by atoms with Gasteiger partial charge in [0.05, 0.1) is 13.0 Å². The van der Waals surface area contributed by atoms with E-state index in [1.807, 2.05) is 0 Å². The first-order chi connectivity index (χ1) is 9.20. The van der Waals surface area contributed by atoms with E-state index in [2.05, 4.69) is 10.2 Å². The summed E-state index contributed by atoms with van der Waals surface area (Å²) in [5.74, 6) is -0.0236. The molecule has 2 aliphatic rings. The number of hydrogen-bond acceptors (Lipinski definition) is 3. The maximum atomic E-state index is 11.5. The van der Waals surface area contributed by atoms with Gasteiger partial charge in [-0.1, -0.05) is 19.3 Å². The first-order valence-corrected chi connectivity index (χ1v) is 7.75. The molecule has 0 unspecified atom stereocenters. The van der Waals surface area contributed by atoms with Crippen LogP contribution in [0, 0.1) is 5.92 Å². The molecule has 1 heterocycles. The molecular formula is C14H24N2O2S. The van der Waals surface area contributed by atoms with Gasteiger partial charge < -0.3 is 15.0 Å². The van der Waals surface area contributed by atoms with Crippen LogP contribution >= 0.6 is 12.2 Å². The summed E-state index contributed by atoms with van der Waals surface area (Å²) in [5.41, 5.74) is 0. The average Bonchev–Trinajstić information content (AvgIpc) is 2.47.